The summed E-state index contributed by atoms with van der Waals surface area (Å²) in [7, 11) is 0. The molecule has 0 fully saturated rings. The molecule has 1 rings (SSSR count). The highest BCUT2D eigenvalue weighted by Gasteiger charge is 2.09. The summed E-state index contributed by atoms with van der Waals surface area (Å²) in [5, 5.41) is 0. The average Bonchev–Trinajstić information content (AvgIpc) is 2.21. The first kappa shape index (κ1) is 11.8. The lowest BCUT2D eigenvalue weighted by atomic mass is 10.1. The van der Waals surface area contributed by atoms with Crippen LogP contribution < -0.4 is 9.47 Å². The van der Waals surface area contributed by atoms with Crippen LogP contribution in [-0.4, -0.2) is 18.2 Å². The SMILES string of the molecule is CCOc1cc(C(C)C)cnc1OCC. The van der Waals surface area contributed by atoms with Gasteiger partial charge < -0.3 is 9.47 Å². The maximum Gasteiger partial charge on any atom is 0.256 e. The van der Waals surface area contributed by atoms with Gasteiger partial charge in [0, 0.05) is 6.20 Å². The lowest BCUT2D eigenvalue weighted by Gasteiger charge is -2.12. The second kappa shape index (κ2) is 5.59. The van der Waals surface area contributed by atoms with Gasteiger partial charge in [-0.15, -0.1) is 0 Å². The van der Waals surface area contributed by atoms with E-state index in [9.17, 15) is 0 Å². The first-order chi connectivity index (χ1) is 7.19. The van der Waals surface area contributed by atoms with E-state index >= 15 is 0 Å². The van der Waals surface area contributed by atoms with Gasteiger partial charge in [-0.05, 0) is 31.4 Å². The molecule has 1 heterocycles. The van der Waals surface area contributed by atoms with Gasteiger partial charge in [0.15, 0.2) is 5.75 Å². The third-order valence-electron chi connectivity index (χ3n) is 2.09. The topological polar surface area (TPSA) is 31.4 Å². The third kappa shape index (κ3) is 3.11. The van der Waals surface area contributed by atoms with E-state index in [1.54, 1.807) is 0 Å². The highest BCUT2D eigenvalue weighted by atomic mass is 16.5. The molecule has 0 radical (unpaired) electrons. The molecule has 0 saturated carbocycles. The largest absolute Gasteiger partial charge is 0.488 e. The Hall–Kier alpha value is -1.25. The normalized spacial score (nSPS) is 10.5. The molecular weight excluding hydrogens is 190 g/mol. The van der Waals surface area contributed by atoms with E-state index in [0.29, 0.717) is 25.0 Å². The van der Waals surface area contributed by atoms with Crippen molar-refractivity contribution in [2.45, 2.75) is 33.6 Å². The van der Waals surface area contributed by atoms with E-state index in [2.05, 4.69) is 18.8 Å². The van der Waals surface area contributed by atoms with Crippen LogP contribution in [0.3, 0.4) is 0 Å². The number of pyridine rings is 1. The van der Waals surface area contributed by atoms with E-state index in [1.807, 2.05) is 26.1 Å². The summed E-state index contributed by atoms with van der Waals surface area (Å²) in [6, 6.07) is 2.01. The molecule has 0 aliphatic rings. The van der Waals surface area contributed by atoms with Gasteiger partial charge in [0.1, 0.15) is 0 Å². The van der Waals surface area contributed by atoms with Gasteiger partial charge in [-0.1, -0.05) is 13.8 Å². The number of aromatic nitrogens is 1. The second-order valence-electron chi connectivity index (χ2n) is 3.59. The van der Waals surface area contributed by atoms with Crippen LogP contribution in [0.15, 0.2) is 12.3 Å². The Morgan fingerprint density at radius 1 is 1.20 bits per heavy atom. The van der Waals surface area contributed by atoms with Gasteiger partial charge in [-0.25, -0.2) is 4.98 Å². The summed E-state index contributed by atoms with van der Waals surface area (Å²) in [5.41, 5.74) is 1.17. The molecule has 0 aliphatic heterocycles. The van der Waals surface area contributed by atoms with E-state index < -0.39 is 0 Å². The summed E-state index contributed by atoms with van der Waals surface area (Å²) in [6.45, 7) is 9.39. The Balaban J connectivity index is 2.97. The van der Waals surface area contributed by atoms with Crippen molar-refractivity contribution >= 4 is 0 Å². The van der Waals surface area contributed by atoms with Crippen molar-refractivity contribution in [3.05, 3.63) is 17.8 Å². The van der Waals surface area contributed by atoms with Gasteiger partial charge in [0.2, 0.25) is 0 Å². The molecule has 0 amide bonds. The molecule has 1 aromatic heterocycles. The van der Waals surface area contributed by atoms with Crippen LogP contribution in [0.5, 0.6) is 11.6 Å². The number of rotatable bonds is 5. The number of nitrogens with zero attached hydrogens (tertiary/aromatic N) is 1. The molecule has 1 aromatic rings. The quantitative estimate of drug-likeness (QED) is 0.747. The van der Waals surface area contributed by atoms with Crippen molar-refractivity contribution in [3.8, 4) is 11.6 Å². The fourth-order valence-corrected chi connectivity index (χ4v) is 1.27. The van der Waals surface area contributed by atoms with Crippen molar-refractivity contribution in [2.75, 3.05) is 13.2 Å². The molecule has 15 heavy (non-hydrogen) atoms. The summed E-state index contributed by atoms with van der Waals surface area (Å²) in [5.74, 6) is 1.78. The van der Waals surface area contributed by atoms with Crippen LogP contribution in [0, 0.1) is 0 Å². The Morgan fingerprint density at radius 2 is 1.87 bits per heavy atom. The lowest BCUT2D eigenvalue weighted by molar-refractivity contribution is 0.277. The predicted octanol–water partition coefficient (Wildman–Crippen LogP) is 3.00. The first-order valence-electron chi connectivity index (χ1n) is 5.44. The maximum absolute atomic E-state index is 5.49. The van der Waals surface area contributed by atoms with Crippen LogP contribution in [0.2, 0.25) is 0 Å². The minimum Gasteiger partial charge on any atom is -0.488 e. The Kier molecular flexibility index (Phi) is 4.40. The average molecular weight is 209 g/mol. The first-order valence-corrected chi connectivity index (χ1v) is 5.44. The van der Waals surface area contributed by atoms with Crippen LogP contribution >= 0.6 is 0 Å². The standard InChI is InChI=1S/C12H19NO2/c1-5-14-11-7-10(9(3)4)8-13-12(11)15-6-2/h7-9H,5-6H2,1-4H3. The molecule has 0 unspecified atom stereocenters. The molecule has 0 saturated heterocycles. The minimum absolute atomic E-state index is 0.451. The molecule has 0 bridgehead atoms. The number of hydrogen-bond donors (Lipinski definition) is 0. The molecule has 84 valence electrons. The van der Waals surface area contributed by atoms with Crippen molar-refractivity contribution in [2.24, 2.45) is 0 Å². The Morgan fingerprint density at radius 3 is 2.40 bits per heavy atom. The summed E-state index contributed by atoms with van der Waals surface area (Å²) in [6.07, 6.45) is 1.85. The van der Waals surface area contributed by atoms with Crippen LogP contribution in [0.25, 0.3) is 0 Å². The smallest absolute Gasteiger partial charge is 0.256 e. The van der Waals surface area contributed by atoms with Gasteiger partial charge in [-0.3, -0.25) is 0 Å². The van der Waals surface area contributed by atoms with Gasteiger partial charge in [-0.2, -0.15) is 0 Å². The summed E-state index contributed by atoms with van der Waals surface area (Å²) in [4.78, 5) is 4.26. The lowest BCUT2D eigenvalue weighted by Crippen LogP contribution is -2.02. The minimum atomic E-state index is 0.451. The van der Waals surface area contributed by atoms with Crippen molar-refractivity contribution in [1.82, 2.24) is 4.98 Å². The molecular formula is C12H19NO2. The van der Waals surface area contributed by atoms with Crippen molar-refractivity contribution < 1.29 is 9.47 Å². The van der Waals surface area contributed by atoms with Crippen LogP contribution in [0.1, 0.15) is 39.2 Å². The zero-order chi connectivity index (χ0) is 11.3. The molecule has 0 atom stereocenters. The van der Waals surface area contributed by atoms with Crippen molar-refractivity contribution in [3.63, 3.8) is 0 Å². The third-order valence-corrected chi connectivity index (χ3v) is 2.09. The fraction of sp³-hybridized carbons (Fsp3) is 0.583. The second-order valence-corrected chi connectivity index (χ2v) is 3.59. The number of hydrogen-bond acceptors (Lipinski definition) is 3. The van der Waals surface area contributed by atoms with E-state index in [1.165, 1.54) is 5.56 Å². The molecule has 0 spiro atoms. The molecule has 3 heteroatoms. The van der Waals surface area contributed by atoms with Crippen molar-refractivity contribution in [1.29, 1.82) is 0 Å². The Labute approximate surface area is 91.4 Å². The van der Waals surface area contributed by atoms with Gasteiger partial charge >= 0.3 is 0 Å². The monoisotopic (exact) mass is 209 g/mol. The van der Waals surface area contributed by atoms with E-state index in [4.69, 9.17) is 9.47 Å². The maximum atomic E-state index is 5.49. The highest BCUT2D eigenvalue weighted by Crippen LogP contribution is 2.28. The van der Waals surface area contributed by atoms with E-state index in [-0.39, 0.29) is 0 Å². The zero-order valence-corrected chi connectivity index (χ0v) is 9.91. The molecule has 3 nitrogen and oxygen atoms in total. The molecule has 0 aromatic carbocycles. The van der Waals surface area contributed by atoms with Gasteiger partial charge in [0.05, 0.1) is 13.2 Å². The fourth-order valence-electron chi connectivity index (χ4n) is 1.27. The number of ether oxygens (including phenoxy) is 2. The summed E-state index contributed by atoms with van der Waals surface area (Å²) < 4.78 is 10.9. The highest BCUT2D eigenvalue weighted by molar-refractivity contribution is 5.37. The zero-order valence-electron chi connectivity index (χ0n) is 9.91. The summed E-state index contributed by atoms with van der Waals surface area (Å²) >= 11 is 0. The molecule has 0 N–H and O–H groups in total. The van der Waals surface area contributed by atoms with E-state index in [0.717, 1.165) is 5.75 Å². The van der Waals surface area contributed by atoms with Crippen LogP contribution in [0.4, 0.5) is 0 Å². The van der Waals surface area contributed by atoms with Crippen LogP contribution in [-0.2, 0) is 0 Å². The predicted molar refractivity (Wildman–Crippen MR) is 60.7 cm³/mol. The molecule has 0 aliphatic carbocycles. The Bertz CT molecular complexity index is 310. The van der Waals surface area contributed by atoms with Gasteiger partial charge in [0.25, 0.3) is 5.88 Å².